The maximum Gasteiger partial charge on any atom is 0.290 e. The number of ether oxygens (including phenoxy) is 1. The first kappa shape index (κ1) is 14.9. The van der Waals surface area contributed by atoms with Gasteiger partial charge in [0.2, 0.25) is 0 Å². The summed E-state index contributed by atoms with van der Waals surface area (Å²) in [6.45, 7) is 5.61. The number of morpholine rings is 1. The second kappa shape index (κ2) is 6.01. The van der Waals surface area contributed by atoms with E-state index in [1.54, 1.807) is 0 Å². The second-order valence-electron chi connectivity index (χ2n) is 5.71. The van der Waals surface area contributed by atoms with Gasteiger partial charge in [-0.15, -0.1) is 0 Å². The Labute approximate surface area is 130 Å². The van der Waals surface area contributed by atoms with Crippen LogP contribution in [-0.2, 0) is 18.2 Å². The van der Waals surface area contributed by atoms with Gasteiger partial charge in [0, 0.05) is 37.5 Å². The van der Waals surface area contributed by atoms with Crippen LogP contribution in [0.2, 0.25) is 0 Å². The summed E-state index contributed by atoms with van der Waals surface area (Å²) in [5.41, 5.74) is 1.98. The Morgan fingerprint density at radius 1 is 1.45 bits per heavy atom. The first-order chi connectivity index (χ1) is 10.6. The molecule has 2 aromatic rings. The van der Waals surface area contributed by atoms with E-state index in [0.29, 0.717) is 25.5 Å². The second-order valence-corrected chi connectivity index (χ2v) is 5.71. The normalized spacial score (nSPS) is 18.7. The molecule has 5 heteroatoms. The van der Waals surface area contributed by atoms with Gasteiger partial charge in [-0.25, -0.2) is 0 Å². The SMILES string of the molecule is CCc1cc(C)c(C(=O)N2CCOC[C@@H]2c2cccn2C)o1. The van der Waals surface area contributed by atoms with Crippen molar-refractivity contribution in [2.45, 2.75) is 26.3 Å². The van der Waals surface area contributed by atoms with Crippen LogP contribution in [0.25, 0.3) is 0 Å². The first-order valence-corrected chi connectivity index (χ1v) is 7.71. The molecule has 3 heterocycles. The molecule has 1 amide bonds. The molecule has 2 aromatic heterocycles. The zero-order valence-corrected chi connectivity index (χ0v) is 13.3. The van der Waals surface area contributed by atoms with Crippen molar-refractivity contribution in [2.24, 2.45) is 7.05 Å². The number of amides is 1. The van der Waals surface area contributed by atoms with Gasteiger partial charge in [-0.05, 0) is 25.1 Å². The van der Waals surface area contributed by atoms with Gasteiger partial charge in [0.05, 0.1) is 19.3 Å². The fourth-order valence-electron chi connectivity index (χ4n) is 2.98. The third-order valence-corrected chi connectivity index (χ3v) is 4.23. The fraction of sp³-hybridized carbons (Fsp3) is 0.471. The Balaban J connectivity index is 1.91. The number of hydrogen-bond donors (Lipinski definition) is 0. The Hall–Kier alpha value is -2.01. The highest BCUT2D eigenvalue weighted by molar-refractivity contribution is 5.93. The van der Waals surface area contributed by atoms with E-state index >= 15 is 0 Å². The van der Waals surface area contributed by atoms with Crippen molar-refractivity contribution in [1.29, 1.82) is 0 Å². The Morgan fingerprint density at radius 2 is 2.27 bits per heavy atom. The molecule has 1 atom stereocenters. The molecule has 0 aromatic carbocycles. The van der Waals surface area contributed by atoms with Crippen LogP contribution in [0.1, 0.15) is 40.5 Å². The predicted molar refractivity (Wildman–Crippen MR) is 82.8 cm³/mol. The molecule has 0 aliphatic carbocycles. The van der Waals surface area contributed by atoms with E-state index < -0.39 is 0 Å². The van der Waals surface area contributed by atoms with Crippen LogP contribution in [0, 0.1) is 6.92 Å². The number of carbonyl (C=O) groups excluding carboxylic acids is 1. The lowest BCUT2D eigenvalue weighted by atomic mass is 10.1. The maximum absolute atomic E-state index is 12.9. The van der Waals surface area contributed by atoms with Crippen LogP contribution in [0.3, 0.4) is 0 Å². The van der Waals surface area contributed by atoms with Gasteiger partial charge in [-0.3, -0.25) is 4.79 Å². The number of furan rings is 1. The molecule has 1 aliphatic heterocycles. The summed E-state index contributed by atoms with van der Waals surface area (Å²) in [7, 11) is 1.99. The zero-order valence-electron chi connectivity index (χ0n) is 13.3. The Morgan fingerprint density at radius 3 is 2.91 bits per heavy atom. The molecule has 1 aliphatic rings. The third kappa shape index (κ3) is 2.57. The van der Waals surface area contributed by atoms with Crippen LogP contribution in [0.5, 0.6) is 0 Å². The molecule has 1 saturated heterocycles. The van der Waals surface area contributed by atoms with Gasteiger partial charge in [-0.2, -0.15) is 0 Å². The van der Waals surface area contributed by atoms with E-state index in [4.69, 9.17) is 9.15 Å². The molecule has 0 saturated carbocycles. The van der Waals surface area contributed by atoms with Crippen molar-refractivity contribution >= 4 is 5.91 Å². The minimum absolute atomic E-state index is 0.0494. The Bertz CT molecular complexity index is 671. The molecule has 22 heavy (non-hydrogen) atoms. The van der Waals surface area contributed by atoms with Gasteiger partial charge >= 0.3 is 0 Å². The predicted octanol–water partition coefficient (Wildman–Crippen LogP) is 2.70. The van der Waals surface area contributed by atoms with Gasteiger partial charge < -0.3 is 18.6 Å². The average molecular weight is 302 g/mol. The van der Waals surface area contributed by atoms with Gasteiger partial charge in [0.25, 0.3) is 5.91 Å². The molecule has 0 bridgehead atoms. The fourth-order valence-corrected chi connectivity index (χ4v) is 2.98. The third-order valence-electron chi connectivity index (χ3n) is 4.23. The van der Waals surface area contributed by atoms with Crippen LogP contribution in [0.15, 0.2) is 28.8 Å². The summed E-state index contributed by atoms with van der Waals surface area (Å²) >= 11 is 0. The molecule has 0 N–H and O–H groups in total. The summed E-state index contributed by atoms with van der Waals surface area (Å²) in [6.07, 6.45) is 2.78. The Kier molecular flexibility index (Phi) is 4.07. The lowest BCUT2D eigenvalue weighted by Gasteiger charge is -2.35. The number of hydrogen-bond acceptors (Lipinski definition) is 3. The number of aryl methyl sites for hydroxylation is 3. The van der Waals surface area contributed by atoms with Crippen molar-refractivity contribution in [3.05, 3.63) is 47.2 Å². The topological polar surface area (TPSA) is 47.6 Å². The van der Waals surface area contributed by atoms with Gasteiger partial charge in [0.15, 0.2) is 5.76 Å². The summed E-state index contributed by atoms with van der Waals surface area (Å²) in [5, 5.41) is 0. The van der Waals surface area contributed by atoms with Crippen LogP contribution in [-0.4, -0.2) is 35.1 Å². The highest BCUT2D eigenvalue weighted by Gasteiger charge is 2.33. The minimum atomic E-state index is -0.0733. The first-order valence-electron chi connectivity index (χ1n) is 7.71. The molecule has 0 spiro atoms. The molecule has 118 valence electrons. The maximum atomic E-state index is 12.9. The van der Waals surface area contributed by atoms with Gasteiger partial charge in [0.1, 0.15) is 5.76 Å². The van der Waals surface area contributed by atoms with Crippen molar-refractivity contribution in [3.63, 3.8) is 0 Å². The molecule has 3 rings (SSSR count). The van der Waals surface area contributed by atoms with Crippen LogP contribution in [0.4, 0.5) is 0 Å². The number of aromatic nitrogens is 1. The summed E-state index contributed by atoms with van der Waals surface area (Å²) in [6, 6.07) is 5.90. The molecule has 5 nitrogen and oxygen atoms in total. The van der Waals surface area contributed by atoms with E-state index in [9.17, 15) is 4.79 Å². The summed E-state index contributed by atoms with van der Waals surface area (Å²) in [4.78, 5) is 14.8. The molecular formula is C17H22N2O3. The molecule has 1 fully saturated rings. The highest BCUT2D eigenvalue weighted by Crippen LogP contribution is 2.27. The van der Waals surface area contributed by atoms with Crippen molar-refractivity contribution in [2.75, 3.05) is 19.8 Å². The largest absolute Gasteiger partial charge is 0.456 e. The standard InChI is InChI=1S/C17H22N2O3/c1-4-13-10-12(2)16(22-13)17(20)19-8-9-21-11-15(19)14-6-5-7-18(14)3/h5-7,10,15H,4,8-9,11H2,1-3H3/t15-/m1/s1. The minimum Gasteiger partial charge on any atom is -0.456 e. The van der Waals surface area contributed by atoms with Crippen LogP contribution < -0.4 is 0 Å². The molecule has 0 radical (unpaired) electrons. The van der Waals surface area contributed by atoms with E-state index in [1.807, 2.05) is 54.8 Å². The molecular weight excluding hydrogens is 280 g/mol. The van der Waals surface area contributed by atoms with Gasteiger partial charge in [-0.1, -0.05) is 6.92 Å². The van der Waals surface area contributed by atoms with E-state index in [0.717, 1.165) is 23.4 Å². The zero-order chi connectivity index (χ0) is 15.7. The van der Waals surface area contributed by atoms with E-state index in [1.165, 1.54) is 0 Å². The lowest BCUT2D eigenvalue weighted by Crippen LogP contribution is -2.44. The van der Waals surface area contributed by atoms with Crippen molar-refractivity contribution < 1.29 is 13.9 Å². The number of rotatable bonds is 3. The number of nitrogens with zero attached hydrogens (tertiary/aromatic N) is 2. The summed E-state index contributed by atoms with van der Waals surface area (Å²) < 4.78 is 13.4. The smallest absolute Gasteiger partial charge is 0.290 e. The summed E-state index contributed by atoms with van der Waals surface area (Å²) in [5.74, 6) is 1.26. The monoisotopic (exact) mass is 302 g/mol. The lowest BCUT2D eigenvalue weighted by molar-refractivity contribution is -0.00628. The number of carbonyl (C=O) groups is 1. The highest BCUT2D eigenvalue weighted by atomic mass is 16.5. The van der Waals surface area contributed by atoms with Crippen molar-refractivity contribution in [3.8, 4) is 0 Å². The molecule has 0 unspecified atom stereocenters. The quantitative estimate of drug-likeness (QED) is 0.876. The van der Waals surface area contributed by atoms with E-state index in [2.05, 4.69) is 0 Å². The average Bonchev–Trinajstić information content (AvgIpc) is 3.12. The van der Waals surface area contributed by atoms with Crippen LogP contribution >= 0.6 is 0 Å². The van der Waals surface area contributed by atoms with Crippen molar-refractivity contribution in [1.82, 2.24) is 9.47 Å². The van der Waals surface area contributed by atoms with E-state index in [-0.39, 0.29) is 11.9 Å².